The standard InChI is InChI=1S/C19H29N3O2.ClH/c1-19(2,3)18(24)21-13-14-5-7-15(8-6-14)17(23)22(4)16-9-11-20-12-10-16;/h5-8,16,20H,9-13H2,1-4H3,(H,21,24);1H. The molecule has 2 N–H and O–H groups in total. The van der Waals surface area contributed by atoms with Crippen LogP contribution in [0.2, 0.25) is 0 Å². The Morgan fingerprint density at radius 2 is 1.72 bits per heavy atom. The van der Waals surface area contributed by atoms with Gasteiger partial charge in [0.2, 0.25) is 5.91 Å². The number of benzene rings is 1. The zero-order valence-corrected chi connectivity index (χ0v) is 16.4. The van der Waals surface area contributed by atoms with E-state index in [1.165, 1.54) is 0 Å². The van der Waals surface area contributed by atoms with E-state index in [4.69, 9.17) is 0 Å². The first-order valence-corrected chi connectivity index (χ1v) is 8.64. The molecule has 1 aliphatic heterocycles. The number of hydrogen-bond acceptors (Lipinski definition) is 3. The minimum Gasteiger partial charge on any atom is -0.352 e. The van der Waals surface area contributed by atoms with E-state index in [2.05, 4.69) is 10.6 Å². The van der Waals surface area contributed by atoms with Gasteiger partial charge in [-0.25, -0.2) is 0 Å². The Morgan fingerprint density at radius 1 is 1.16 bits per heavy atom. The number of carbonyl (C=O) groups is 2. The largest absolute Gasteiger partial charge is 0.352 e. The van der Waals surface area contributed by atoms with Crippen molar-refractivity contribution in [3.63, 3.8) is 0 Å². The highest BCUT2D eigenvalue weighted by atomic mass is 35.5. The van der Waals surface area contributed by atoms with E-state index in [1.807, 2.05) is 57.0 Å². The Labute approximate surface area is 157 Å². The molecule has 1 aliphatic rings. The summed E-state index contributed by atoms with van der Waals surface area (Å²) in [6.07, 6.45) is 2.00. The van der Waals surface area contributed by atoms with Crippen LogP contribution in [-0.2, 0) is 11.3 Å². The molecule has 0 atom stereocenters. The van der Waals surface area contributed by atoms with E-state index in [1.54, 1.807) is 0 Å². The molecule has 2 rings (SSSR count). The highest BCUT2D eigenvalue weighted by Gasteiger charge is 2.23. The molecule has 1 saturated heterocycles. The van der Waals surface area contributed by atoms with Crippen molar-refractivity contribution in [3.8, 4) is 0 Å². The van der Waals surface area contributed by atoms with Gasteiger partial charge in [-0.3, -0.25) is 9.59 Å². The van der Waals surface area contributed by atoms with Gasteiger partial charge in [-0.15, -0.1) is 12.4 Å². The maximum atomic E-state index is 12.6. The lowest BCUT2D eigenvalue weighted by Gasteiger charge is -2.31. The molecule has 1 aromatic carbocycles. The van der Waals surface area contributed by atoms with Crippen molar-refractivity contribution >= 4 is 24.2 Å². The molecule has 2 amide bonds. The summed E-state index contributed by atoms with van der Waals surface area (Å²) in [6, 6.07) is 7.82. The van der Waals surface area contributed by atoms with Crippen LogP contribution in [0.5, 0.6) is 0 Å². The smallest absolute Gasteiger partial charge is 0.253 e. The summed E-state index contributed by atoms with van der Waals surface area (Å²) < 4.78 is 0. The van der Waals surface area contributed by atoms with Crippen molar-refractivity contribution in [2.24, 2.45) is 5.41 Å². The van der Waals surface area contributed by atoms with Crippen LogP contribution < -0.4 is 10.6 Å². The van der Waals surface area contributed by atoms with Crippen LogP contribution in [0, 0.1) is 5.41 Å². The average Bonchev–Trinajstić information content (AvgIpc) is 2.58. The molecule has 0 aliphatic carbocycles. The summed E-state index contributed by atoms with van der Waals surface area (Å²) in [7, 11) is 1.88. The highest BCUT2D eigenvalue weighted by molar-refractivity contribution is 5.94. The van der Waals surface area contributed by atoms with E-state index >= 15 is 0 Å². The van der Waals surface area contributed by atoms with E-state index in [0.29, 0.717) is 18.2 Å². The maximum absolute atomic E-state index is 12.6. The first-order chi connectivity index (χ1) is 11.3. The summed E-state index contributed by atoms with van der Waals surface area (Å²) in [5, 5.41) is 6.24. The van der Waals surface area contributed by atoms with Gasteiger partial charge in [0.1, 0.15) is 0 Å². The van der Waals surface area contributed by atoms with Gasteiger partial charge >= 0.3 is 0 Å². The number of halogens is 1. The Morgan fingerprint density at radius 3 is 2.24 bits per heavy atom. The first kappa shape index (κ1) is 21.5. The van der Waals surface area contributed by atoms with E-state index < -0.39 is 5.41 Å². The van der Waals surface area contributed by atoms with Crippen LogP contribution in [0.25, 0.3) is 0 Å². The Kier molecular flexibility index (Phi) is 7.90. The van der Waals surface area contributed by atoms with Gasteiger partial charge in [0, 0.05) is 30.6 Å². The Hall–Kier alpha value is -1.59. The maximum Gasteiger partial charge on any atom is 0.253 e. The topological polar surface area (TPSA) is 61.4 Å². The first-order valence-electron chi connectivity index (χ1n) is 8.64. The number of piperidine rings is 1. The highest BCUT2D eigenvalue weighted by Crippen LogP contribution is 2.15. The van der Waals surface area contributed by atoms with E-state index in [9.17, 15) is 9.59 Å². The Bertz CT molecular complexity index is 575. The molecule has 6 heteroatoms. The molecule has 0 aromatic heterocycles. The molecule has 140 valence electrons. The van der Waals surface area contributed by atoms with Gasteiger partial charge in [-0.2, -0.15) is 0 Å². The van der Waals surface area contributed by atoms with Gasteiger partial charge < -0.3 is 15.5 Å². The van der Waals surface area contributed by atoms with E-state index in [0.717, 1.165) is 31.5 Å². The number of nitrogens with zero attached hydrogens (tertiary/aromatic N) is 1. The third kappa shape index (κ3) is 6.01. The van der Waals surface area contributed by atoms with Crippen LogP contribution in [-0.4, -0.2) is 42.9 Å². The second-order valence-electron chi connectivity index (χ2n) is 7.53. The number of hydrogen-bond donors (Lipinski definition) is 2. The van der Waals surface area contributed by atoms with Gasteiger partial charge in [0.05, 0.1) is 0 Å². The van der Waals surface area contributed by atoms with Crippen molar-refractivity contribution in [1.29, 1.82) is 0 Å². The molecular weight excluding hydrogens is 338 g/mol. The summed E-state index contributed by atoms with van der Waals surface area (Å²) in [5.41, 5.74) is 1.30. The summed E-state index contributed by atoms with van der Waals surface area (Å²) in [6.45, 7) is 8.08. The number of rotatable bonds is 4. The van der Waals surface area contributed by atoms with Crippen LogP contribution in [0.3, 0.4) is 0 Å². The van der Waals surface area contributed by atoms with Gasteiger partial charge in [0.25, 0.3) is 5.91 Å². The van der Waals surface area contributed by atoms with Gasteiger partial charge in [-0.1, -0.05) is 32.9 Å². The molecule has 5 nitrogen and oxygen atoms in total. The van der Waals surface area contributed by atoms with Crippen molar-refractivity contribution in [2.45, 2.75) is 46.2 Å². The zero-order chi connectivity index (χ0) is 17.7. The predicted molar refractivity (Wildman–Crippen MR) is 103 cm³/mol. The monoisotopic (exact) mass is 367 g/mol. The van der Waals surface area contributed by atoms with Crippen molar-refractivity contribution in [1.82, 2.24) is 15.5 Å². The number of amides is 2. The Balaban J connectivity index is 0.00000312. The lowest BCUT2D eigenvalue weighted by molar-refractivity contribution is -0.128. The second-order valence-corrected chi connectivity index (χ2v) is 7.53. The second kappa shape index (κ2) is 9.20. The minimum absolute atomic E-state index is 0. The van der Waals surface area contributed by atoms with Crippen molar-refractivity contribution in [2.75, 3.05) is 20.1 Å². The van der Waals surface area contributed by atoms with Gasteiger partial charge in [-0.05, 0) is 43.6 Å². The minimum atomic E-state index is -0.395. The van der Waals surface area contributed by atoms with Crippen LogP contribution in [0.15, 0.2) is 24.3 Å². The number of nitrogens with one attached hydrogen (secondary N) is 2. The SMILES string of the molecule is CN(C(=O)c1ccc(CNC(=O)C(C)(C)C)cc1)C1CCNCC1.Cl. The lowest BCUT2D eigenvalue weighted by Crippen LogP contribution is -2.43. The van der Waals surface area contributed by atoms with Gasteiger partial charge in [0.15, 0.2) is 0 Å². The molecule has 0 saturated carbocycles. The summed E-state index contributed by atoms with van der Waals surface area (Å²) in [4.78, 5) is 26.3. The van der Waals surface area contributed by atoms with Crippen molar-refractivity contribution in [3.05, 3.63) is 35.4 Å². The zero-order valence-electron chi connectivity index (χ0n) is 15.6. The molecule has 1 heterocycles. The molecule has 0 radical (unpaired) electrons. The fourth-order valence-electron chi connectivity index (χ4n) is 2.78. The quantitative estimate of drug-likeness (QED) is 0.859. The predicted octanol–water partition coefficient (Wildman–Crippen LogP) is 2.59. The van der Waals surface area contributed by atoms with Crippen LogP contribution in [0.4, 0.5) is 0 Å². The molecule has 0 spiro atoms. The molecule has 1 aromatic rings. The molecule has 25 heavy (non-hydrogen) atoms. The fourth-order valence-corrected chi connectivity index (χ4v) is 2.78. The fraction of sp³-hybridized carbons (Fsp3) is 0.579. The number of carbonyl (C=O) groups excluding carboxylic acids is 2. The van der Waals surface area contributed by atoms with Crippen LogP contribution in [0.1, 0.15) is 49.5 Å². The summed E-state index contributed by atoms with van der Waals surface area (Å²) >= 11 is 0. The third-order valence-corrected chi connectivity index (χ3v) is 4.51. The molecule has 0 unspecified atom stereocenters. The van der Waals surface area contributed by atoms with Crippen molar-refractivity contribution < 1.29 is 9.59 Å². The molecule has 0 bridgehead atoms. The lowest BCUT2D eigenvalue weighted by atomic mass is 9.95. The normalized spacial score (nSPS) is 15.2. The third-order valence-electron chi connectivity index (χ3n) is 4.51. The summed E-state index contributed by atoms with van der Waals surface area (Å²) in [5.74, 6) is 0.0838. The molecule has 1 fully saturated rings. The molecular formula is C19H30ClN3O2. The van der Waals surface area contributed by atoms with E-state index in [-0.39, 0.29) is 24.2 Å². The average molecular weight is 368 g/mol. The van der Waals surface area contributed by atoms with Crippen LogP contribution >= 0.6 is 12.4 Å².